The van der Waals surface area contributed by atoms with E-state index in [2.05, 4.69) is 26.1 Å². The van der Waals surface area contributed by atoms with Crippen molar-refractivity contribution in [2.75, 3.05) is 28.4 Å². The maximum Gasteiger partial charge on any atom is 0.124 e. The Hall–Kier alpha value is -1.26. The first-order valence-corrected chi connectivity index (χ1v) is 6.81. The van der Waals surface area contributed by atoms with Crippen LogP contribution in [-0.2, 0) is 4.74 Å². The van der Waals surface area contributed by atoms with Crippen molar-refractivity contribution in [3.63, 3.8) is 0 Å². The van der Waals surface area contributed by atoms with E-state index >= 15 is 0 Å². The summed E-state index contributed by atoms with van der Waals surface area (Å²) in [6.45, 7) is 6.49. The number of ether oxygens (including phenoxy) is 3. The highest BCUT2D eigenvalue weighted by molar-refractivity contribution is 5.43. The van der Waals surface area contributed by atoms with Gasteiger partial charge in [-0.25, -0.2) is 0 Å². The molecule has 0 fully saturated rings. The third-order valence-corrected chi connectivity index (χ3v) is 3.49. The molecule has 1 N–H and O–H groups in total. The van der Waals surface area contributed by atoms with E-state index in [0.717, 1.165) is 17.1 Å². The van der Waals surface area contributed by atoms with Crippen molar-refractivity contribution in [2.45, 2.75) is 32.9 Å². The van der Waals surface area contributed by atoms with Gasteiger partial charge in [0.15, 0.2) is 0 Å². The molecule has 1 aromatic carbocycles. The summed E-state index contributed by atoms with van der Waals surface area (Å²) >= 11 is 0. The summed E-state index contributed by atoms with van der Waals surface area (Å²) in [4.78, 5) is 0. The van der Waals surface area contributed by atoms with Crippen LogP contribution in [0.4, 0.5) is 0 Å². The van der Waals surface area contributed by atoms with Crippen molar-refractivity contribution in [1.82, 2.24) is 5.32 Å². The molecule has 0 saturated heterocycles. The van der Waals surface area contributed by atoms with Crippen LogP contribution >= 0.6 is 0 Å². The molecule has 0 radical (unpaired) electrons. The SMILES string of the molecule is CNC(c1cc(OC)ccc1OC)C(OC)C(C)(C)C. The topological polar surface area (TPSA) is 39.7 Å². The molecular formula is C16H27NO3. The minimum atomic E-state index is -0.00346. The third kappa shape index (κ3) is 3.64. The number of nitrogens with one attached hydrogen (secondary N) is 1. The molecule has 114 valence electrons. The lowest BCUT2D eigenvalue weighted by Gasteiger charge is -2.36. The van der Waals surface area contributed by atoms with Gasteiger partial charge in [0.2, 0.25) is 0 Å². The average molecular weight is 281 g/mol. The zero-order valence-corrected chi connectivity index (χ0v) is 13.6. The quantitative estimate of drug-likeness (QED) is 0.870. The Labute approximate surface area is 122 Å². The van der Waals surface area contributed by atoms with Crippen LogP contribution in [0.1, 0.15) is 32.4 Å². The summed E-state index contributed by atoms with van der Waals surface area (Å²) in [5, 5.41) is 3.34. The summed E-state index contributed by atoms with van der Waals surface area (Å²) in [5.74, 6) is 1.64. The summed E-state index contributed by atoms with van der Waals surface area (Å²) < 4.78 is 16.5. The van der Waals surface area contributed by atoms with E-state index in [9.17, 15) is 0 Å². The Morgan fingerprint density at radius 1 is 1.05 bits per heavy atom. The van der Waals surface area contributed by atoms with Crippen molar-refractivity contribution in [1.29, 1.82) is 0 Å². The van der Waals surface area contributed by atoms with E-state index in [0.29, 0.717) is 0 Å². The van der Waals surface area contributed by atoms with Crippen molar-refractivity contribution in [3.05, 3.63) is 23.8 Å². The number of benzene rings is 1. The molecule has 20 heavy (non-hydrogen) atoms. The number of methoxy groups -OCH3 is 3. The Morgan fingerprint density at radius 2 is 1.70 bits per heavy atom. The molecule has 2 atom stereocenters. The number of likely N-dealkylation sites (N-methyl/N-ethyl adjacent to an activating group) is 1. The molecule has 0 aliphatic carbocycles. The fourth-order valence-electron chi connectivity index (χ4n) is 2.54. The van der Waals surface area contributed by atoms with Gasteiger partial charge < -0.3 is 19.5 Å². The van der Waals surface area contributed by atoms with E-state index < -0.39 is 0 Å². The molecule has 0 amide bonds. The number of rotatable bonds is 6. The Balaban J connectivity index is 3.29. The first kappa shape index (κ1) is 16.8. The van der Waals surface area contributed by atoms with Gasteiger partial charge in [0.1, 0.15) is 11.5 Å². The highest BCUT2D eigenvalue weighted by Crippen LogP contribution is 2.37. The second-order valence-corrected chi connectivity index (χ2v) is 5.90. The molecular weight excluding hydrogens is 254 g/mol. The number of hydrogen-bond acceptors (Lipinski definition) is 4. The van der Waals surface area contributed by atoms with Crippen LogP contribution in [0.15, 0.2) is 18.2 Å². The number of hydrogen-bond donors (Lipinski definition) is 1. The van der Waals surface area contributed by atoms with E-state index in [4.69, 9.17) is 14.2 Å². The Morgan fingerprint density at radius 3 is 2.10 bits per heavy atom. The van der Waals surface area contributed by atoms with Crippen LogP contribution < -0.4 is 14.8 Å². The predicted molar refractivity (Wildman–Crippen MR) is 81.6 cm³/mol. The summed E-state index contributed by atoms with van der Waals surface area (Å²) in [7, 11) is 7.02. The van der Waals surface area contributed by atoms with Gasteiger partial charge in [-0.1, -0.05) is 20.8 Å². The average Bonchev–Trinajstić information content (AvgIpc) is 2.42. The van der Waals surface area contributed by atoms with Gasteiger partial charge in [0, 0.05) is 12.7 Å². The van der Waals surface area contributed by atoms with Crippen molar-refractivity contribution in [3.8, 4) is 11.5 Å². The maximum absolute atomic E-state index is 5.74. The predicted octanol–water partition coefficient (Wildman–Crippen LogP) is 3.03. The fraction of sp³-hybridized carbons (Fsp3) is 0.625. The Kier molecular flexibility index (Phi) is 5.84. The molecule has 0 heterocycles. The Bertz CT molecular complexity index is 426. The van der Waals surface area contributed by atoms with E-state index in [1.807, 2.05) is 25.2 Å². The highest BCUT2D eigenvalue weighted by atomic mass is 16.5. The van der Waals surface area contributed by atoms with E-state index in [-0.39, 0.29) is 17.6 Å². The molecule has 0 saturated carbocycles. The van der Waals surface area contributed by atoms with Gasteiger partial charge >= 0.3 is 0 Å². The van der Waals surface area contributed by atoms with Crippen LogP contribution in [0.5, 0.6) is 11.5 Å². The smallest absolute Gasteiger partial charge is 0.124 e. The lowest BCUT2D eigenvalue weighted by atomic mass is 9.81. The third-order valence-electron chi connectivity index (χ3n) is 3.49. The molecule has 0 spiro atoms. The fourth-order valence-corrected chi connectivity index (χ4v) is 2.54. The monoisotopic (exact) mass is 281 g/mol. The minimum Gasteiger partial charge on any atom is -0.497 e. The lowest BCUT2D eigenvalue weighted by molar-refractivity contribution is -0.0107. The maximum atomic E-state index is 5.74. The van der Waals surface area contributed by atoms with E-state index in [1.165, 1.54) is 0 Å². The molecule has 0 aliphatic heterocycles. The molecule has 4 heteroatoms. The molecule has 0 aliphatic rings. The zero-order chi connectivity index (χ0) is 15.3. The molecule has 0 aromatic heterocycles. The van der Waals surface area contributed by atoms with Crippen LogP contribution in [-0.4, -0.2) is 34.5 Å². The van der Waals surface area contributed by atoms with Gasteiger partial charge in [-0.2, -0.15) is 0 Å². The van der Waals surface area contributed by atoms with Crippen LogP contribution in [0.25, 0.3) is 0 Å². The largest absolute Gasteiger partial charge is 0.497 e. The van der Waals surface area contributed by atoms with Crippen LogP contribution in [0.3, 0.4) is 0 Å². The second kappa shape index (κ2) is 6.95. The van der Waals surface area contributed by atoms with Gasteiger partial charge in [0.25, 0.3) is 0 Å². The molecule has 1 rings (SSSR count). The molecule has 2 unspecified atom stereocenters. The molecule has 0 bridgehead atoms. The van der Waals surface area contributed by atoms with Crippen molar-refractivity contribution < 1.29 is 14.2 Å². The highest BCUT2D eigenvalue weighted by Gasteiger charge is 2.34. The van der Waals surface area contributed by atoms with Crippen molar-refractivity contribution in [2.24, 2.45) is 5.41 Å². The van der Waals surface area contributed by atoms with Crippen molar-refractivity contribution >= 4 is 0 Å². The van der Waals surface area contributed by atoms with Gasteiger partial charge in [0.05, 0.1) is 26.4 Å². The summed E-state index contributed by atoms with van der Waals surface area (Å²) in [6, 6.07) is 5.84. The van der Waals surface area contributed by atoms with Gasteiger partial charge in [-0.05, 0) is 30.7 Å². The summed E-state index contributed by atoms with van der Waals surface area (Å²) in [6.07, 6.45) is 0.00788. The molecule has 4 nitrogen and oxygen atoms in total. The first-order chi connectivity index (χ1) is 9.38. The van der Waals surface area contributed by atoms with Crippen LogP contribution in [0, 0.1) is 5.41 Å². The zero-order valence-electron chi connectivity index (χ0n) is 13.6. The van der Waals surface area contributed by atoms with Crippen LogP contribution in [0.2, 0.25) is 0 Å². The van der Waals surface area contributed by atoms with Gasteiger partial charge in [-0.15, -0.1) is 0 Å². The standard InChI is InChI=1S/C16H27NO3/c1-16(2,3)15(20-7)14(17-4)12-10-11(18-5)8-9-13(12)19-6/h8-10,14-15,17H,1-7H3. The second-order valence-electron chi connectivity index (χ2n) is 5.90. The molecule has 1 aromatic rings. The first-order valence-electron chi connectivity index (χ1n) is 6.81. The summed E-state index contributed by atoms with van der Waals surface area (Å²) in [5.41, 5.74) is 1.03. The van der Waals surface area contributed by atoms with E-state index in [1.54, 1.807) is 21.3 Å². The normalized spacial score (nSPS) is 14.8. The minimum absolute atomic E-state index is 0.00346. The van der Waals surface area contributed by atoms with Gasteiger partial charge in [-0.3, -0.25) is 0 Å². The lowest BCUT2D eigenvalue weighted by Crippen LogP contribution is -2.40.